The van der Waals surface area contributed by atoms with E-state index < -0.39 is 10.9 Å². The average molecular weight is 367 g/mol. The lowest BCUT2D eigenvalue weighted by molar-refractivity contribution is -0.384. The molecule has 8 heteroatoms. The van der Waals surface area contributed by atoms with Gasteiger partial charge in [-0.05, 0) is 18.1 Å². The molecule has 0 bridgehead atoms. The van der Waals surface area contributed by atoms with Crippen LogP contribution in [0.3, 0.4) is 0 Å². The van der Waals surface area contributed by atoms with Gasteiger partial charge in [-0.25, -0.2) is 9.48 Å². The van der Waals surface area contributed by atoms with Gasteiger partial charge in [0.2, 0.25) is 0 Å². The third-order valence-corrected chi connectivity index (χ3v) is 3.84. The molecule has 1 aromatic heterocycles. The van der Waals surface area contributed by atoms with Crippen LogP contribution in [0.15, 0.2) is 53.3 Å². The van der Waals surface area contributed by atoms with Crippen molar-refractivity contribution in [1.29, 1.82) is 0 Å². The van der Waals surface area contributed by atoms with Gasteiger partial charge in [-0.15, -0.1) is 0 Å². The van der Waals surface area contributed by atoms with E-state index in [1.54, 1.807) is 24.3 Å². The molecule has 0 atom stereocenters. The lowest BCUT2D eigenvalue weighted by atomic mass is 10.1. The zero-order chi connectivity index (χ0) is 19.6. The predicted molar refractivity (Wildman–Crippen MR) is 98.9 cm³/mol. The number of carbonyl (C=O) groups excluding carboxylic acids is 1. The Kier molecular flexibility index (Phi) is 4.98. The standard InChI is InChI=1S/C19H17N3O5/c1-12(2)11-21-18(23)16-9-4-3-8-15(16)17(20-21)19(24)27-14-7-5-6-13(10-14)22(25)26/h3-10,12H,11H2,1-2H3. The second kappa shape index (κ2) is 7.36. The highest BCUT2D eigenvalue weighted by Crippen LogP contribution is 2.21. The molecule has 0 spiro atoms. The molecule has 3 rings (SSSR count). The van der Waals surface area contributed by atoms with Crippen molar-refractivity contribution < 1.29 is 14.5 Å². The molecule has 1 heterocycles. The van der Waals surface area contributed by atoms with Crippen molar-refractivity contribution in [2.75, 3.05) is 0 Å². The Hall–Kier alpha value is -3.55. The Morgan fingerprint density at radius 3 is 2.56 bits per heavy atom. The maximum Gasteiger partial charge on any atom is 0.364 e. The fourth-order valence-corrected chi connectivity index (χ4v) is 2.67. The van der Waals surface area contributed by atoms with Crippen molar-refractivity contribution in [3.63, 3.8) is 0 Å². The van der Waals surface area contributed by atoms with E-state index in [-0.39, 0.29) is 28.6 Å². The van der Waals surface area contributed by atoms with E-state index in [0.29, 0.717) is 17.3 Å². The van der Waals surface area contributed by atoms with Crippen LogP contribution >= 0.6 is 0 Å². The molecule has 2 aromatic carbocycles. The number of benzene rings is 2. The maximum atomic E-state index is 12.7. The van der Waals surface area contributed by atoms with Crippen LogP contribution in [-0.2, 0) is 6.54 Å². The Balaban J connectivity index is 2.06. The monoisotopic (exact) mass is 367 g/mol. The maximum absolute atomic E-state index is 12.7. The quantitative estimate of drug-likeness (QED) is 0.297. The van der Waals surface area contributed by atoms with Crippen LogP contribution in [0.25, 0.3) is 10.8 Å². The van der Waals surface area contributed by atoms with Gasteiger partial charge in [-0.1, -0.05) is 38.1 Å². The summed E-state index contributed by atoms with van der Waals surface area (Å²) in [5, 5.41) is 15.8. The van der Waals surface area contributed by atoms with Gasteiger partial charge in [0.05, 0.1) is 16.4 Å². The third kappa shape index (κ3) is 3.84. The first-order chi connectivity index (χ1) is 12.9. The number of esters is 1. The Morgan fingerprint density at radius 1 is 1.19 bits per heavy atom. The number of fused-ring (bicyclic) bond motifs is 1. The van der Waals surface area contributed by atoms with Crippen LogP contribution < -0.4 is 10.3 Å². The normalized spacial score (nSPS) is 10.9. The van der Waals surface area contributed by atoms with Crippen molar-refractivity contribution in [2.45, 2.75) is 20.4 Å². The van der Waals surface area contributed by atoms with Crippen LogP contribution in [0.2, 0.25) is 0 Å². The highest BCUT2D eigenvalue weighted by Gasteiger charge is 2.19. The van der Waals surface area contributed by atoms with Crippen LogP contribution in [0, 0.1) is 16.0 Å². The van der Waals surface area contributed by atoms with E-state index in [4.69, 9.17) is 4.74 Å². The van der Waals surface area contributed by atoms with Crippen molar-refractivity contribution in [3.05, 3.63) is 74.7 Å². The number of rotatable bonds is 5. The van der Waals surface area contributed by atoms with Crippen LogP contribution in [0.1, 0.15) is 24.3 Å². The Morgan fingerprint density at radius 2 is 1.89 bits per heavy atom. The highest BCUT2D eigenvalue weighted by molar-refractivity contribution is 6.02. The number of nitrogens with zero attached hydrogens (tertiary/aromatic N) is 3. The number of nitro benzene ring substituents is 1. The number of carbonyl (C=O) groups is 1. The number of aromatic nitrogens is 2. The van der Waals surface area contributed by atoms with E-state index in [1.165, 1.54) is 22.9 Å². The first-order valence-electron chi connectivity index (χ1n) is 8.33. The summed E-state index contributed by atoms with van der Waals surface area (Å²) < 4.78 is 6.53. The van der Waals surface area contributed by atoms with Crippen molar-refractivity contribution in [2.24, 2.45) is 5.92 Å². The first kappa shape index (κ1) is 18.2. The van der Waals surface area contributed by atoms with E-state index in [1.807, 2.05) is 13.8 Å². The summed E-state index contributed by atoms with van der Waals surface area (Å²) in [5.74, 6) is -0.608. The number of nitro groups is 1. The molecule has 0 aliphatic carbocycles. The van der Waals surface area contributed by atoms with Crippen molar-refractivity contribution in [3.8, 4) is 5.75 Å². The molecule has 0 unspecified atom stereocenters. The molecule has 0 aliphatic heterocycles. The molecule has 0 radical (unpaired) electrons. The summed E-state index contributed by atoms with van der Waals surface area (Å²) in [5.41, 5.74) is -0.494. The number of non-ortho nitro benzene ring substituents is 1. The predicted octanol–water partition coefficient (Wildman–Crippen LogP) is 3.18. The van der Waals surface area contributed by atoms with E-state index in [9.17, 15) is 19.7 Å². The molecule has 138 valence electrons. The van der Waals surface area contributed by atoms with Gasteiger partial charge < -0.3 is 4.74 Å². The second-order valence-electron chi connectivity index (χ2n) is 6.42. The fourth-order valence-electron chi connectivity index (χ4n) is 2.67. The zero-order valence-corrected chi connectivity index (χ0v) is 14.8. The molecule has 0 aliphatic rings. The van der Waals surface area contributed by atoms with Crippen molar-refractivity contribution in [1.82, 2.24) is 9.78 Å². The van der Waals surface area contributed by atoms with Gasteiger partial charge >= 0.3 is 5.97 Å². The van der Waals surface area contributed by atoms with Gasteiger partial charge in [0.1, 0.15) is 5.75 Å². The zero-order valence-electron chi connectivity index (χ0n) is 14.8. The summed E-state index contributed by atoms with van der Waals surface area (Å²) in [7, 11) is 0. The molecule has 8 nitrogen and oxygen atoms in total. The molecular weight excluding hydrogens is 350 g/mol. The number of hydrogen-bond donors (Lipinski definition) is 0. The summed E-state index contributed by atoms with van der Waals surface area (Å²) >= 11 is 0. The van der Waals surface area contributed by atoms with Crippen molar-refractivity contribution >= 4 is 22.4 Å². The van der Waals surface area contributed by atoms with Crippen LogP contribution in [-0.4, -0.2) is 20.7 Å². The summed E-state index contributed by atoms with van der Waals surface area (Å²) in [6.07, 6.45) is 0. The smallest absolute Gasteiger partial charge is 0.364 e. The number of ether oxygens (including phenoxy) is 1. The molecule has 0 saturated heterocycles. The summed E-state index contributed by atoms with van der Waals surface area (Å²) in [6.45, 7) is 4.22. The molecular formula is C19H17N3O5. The van der Waals surface area contributed by atoms with E-state index in [2.05, 4.69) is 5.10 Å². The average Bonchev–Trinajstić information content (AvgIpc) is 2.64. The van der Waals surface area contributed by atoms with Gasteiger partial charge in [0.15, 0.2) is 5.69 Å². The third-order valence-electron chi connectivity index (χ3n) is 3.84. The van der Waals surface area contributed by atoms with E-state index >= 15 is 0 Å². The fraction of sp³-hybridized carbons (Fsp3) is 0.211. The second-order valence-corrected chi connectivity index (χ2v) is 6.42. The van der Waals surface area contributed by atoms with Gasteiger partial charge in [0, 0.05) is 18.0 Å². The number of hydrogen-bond acceptors (Lipinski definition) is 6. The minimum Gasteiger partial charge on any atom is -0.421 e. The van der Waals surface area contributed by atoms with Crippen LogP contribution in [0.4, 0.5) is 5.69 Å². The molecule has 27 heavy (non-hydrogen) atoms. The Bertz CT molecular complexity index is 1090. The Labute approximate surface area is 154 Å². The topological polar surface area (TPSA) is 104 Å². The molecule has 0 fully saturated rings. The minimum atomic E-state index is -0.788. The molecule has 3 aromatic rings. The largest absolute Gasteiger partial charge is 0.421 e. The van der Waals surface area contributed by atoms with Gasteiger partial charge in [0.25, 0.3) is 11.2 Å². The molecule has 0 amide bonds. The van der Waals surface area contributed by atoms with E-state index in [0.717, 1.165) is 6.07 Å². The van der Waals surface area contributed by atoms with Gasteiger partial charge in [-0.3, -0.25) is 14.9 Å². The summed E-state index contributed by atoms with van der Waals surface area (Å²) in [4.78, 5) is 35.6. The molecule has 0 N–H and O–H groups in total. The SMILES string of the molecule is CC(C)Cn1nc(C(=O)Oc2cccc([N+](=O)[O-])c2)c2ccccc2c1=O. The van der Waals surface area contributed by atoms with Crippen LogP contribution in [0.5, 0.6) is 5.75 Å². The lowest BCUT2D eigenvalue weighted by Gasteiger charge is -2.12. The minimum absolute atomic E-state index is 0.0163. The lowest BCUT2D eigenvalue weighted by Crippen LogP contribution is -2.28. The highest BCUT2D eigenvalue weighted by atomic mass is 16.6. The summed E-state index contributed by atoms with van der Waals surface area (Å²) in [6, 6.07) is 12.0. The molecule has 0 saturated carbocycles. The van der Waals surface area contributed by atoms with Gasteiger partial charge in [-0.2, -0.15) is 5.10 Å². The first-order valence-corrected chi connectivity index (χ1v) is 8.33.